The molecule has 0 saturated heterocycles. The minimum Gasteiger partial charge on any atom is -0.495 e. The SMILES string of the molecule is CNC(=O)N(c1ccc(S(=O)(=O)Nc2ncccn2)cn1)c1cc(Cl)c(-c2ccc(Cl)c(C#N)c2)cc1OC. The molecule has 0 aliphatic carbocycles. The molecular weight excluding hydrogens is 565 g/mol. The molecule has 2 aromatic carbocycles. The Morgan fingerprint density at radius 3 is 2.41 bits per heavy atom. The first kappa shape index (κ1) is 27.6. The average Bonchev–Trinajstić information content (AvgIpc) is 2.94. The quantitative estimate of drug-likeness (QED) is 0.308. The maximum atomic E-state index is 13.0. The van der Waals surface area contributed by atoms with Gasteiger partial charge in [0.25, 0.3) is 10.0 Å². The first-order valence-electron chi connectivity index (χ1n) is 11.0. The van der Waals surface area contributed by atoms with Gasteiger partial charge in [0.1, 0.15) is 22.5 Å². The third-order valence-electron chi connectivity index (χ3n) is 5.38. The maximum Gasteiger partial charge on any atom is 0.327 e. The predicted molar refractivity (Wildman–Crippen MR) is 147 cm³/mol. The van der Waals surface area contributed by atoms with Crippen LogP contribution >= 0.6 is 23.2 Å². The zero-order valence-electron chi connectivity index (χ0n) is 20.4. The van der Waals surface area contributed by atoms with E-state index in [1.54, 1.807) is 30.3 Å². The number of hydrogen-bond donors (Lipinski definition) is 2. The average molecular weight is 584 g/mol. The summed E-state index contributed by atoms with van der Waals surface area (Å²) in [5, 5.41) is 12.4. The van der Waals surface area contributed by atoms with Gasteiger partial charge in [-0.25, -0.2) is 37.8 Å². The smallest absolute Gasteiger partial charge is 0.327 e. The number of benzene rings is 2. The molecule has 14 heteroatoms. The molecule has 2 N–H and O–H groups in total. The fourth-order valence-corrected chi connectivity index (χ4v) is 4.85. The summed E-state index contributed by atoms with van der Waals surface area (Å²) in [5.74, 6) is 0.244. The van der Waals surface area contributed by atoms with E-state index in [1.807, 2.05) is 6.07 Å². The van der Waals surface area contributed by atoms with Crippen LogP contribution in [0.3, 0.4) is 0 Å². The molecule has 0 unspecified atom stereocenters. The van der Waals surface area contributed by atoms with Gasteiger partial charge in [-0.05, 0) is 48.0 Å². The lowest BCUT2D eigenvalue weighted by molar-refractivity contribution is 0.250. The number of pyridine rings is 1. The number of amides is 2. The monoisotopic (exact) mass is 583 g/mol. The number of anilines is 3. The first-order chi connectivity index (χ1) is 18.7. The van der Waals surface area contributed by atoms with Gasteiger partial charge < -0.3 is 10.1 Å². The molecule has 2 heterocycles. The lowest BCUT2D eigenvalue weighted by Gasteiger charge is -2.24. The summed E-state index contributed by atoms with van der Waals surface area (Å²) < 4.78 is 33.3. The van der Waals surface area contributed by atoms with E-state index in [0.29, 0.717) is 16.1 Å². The van der Waals surface area contributed by atoms with Crippen LogP contribution in [0.5, 0.6) is 5.75 Å². The molecule has 0 aliphatic rings. The van der Waals surface area contributed by atoms with Gasteiger partial charge in [0.2, 0.25) is 5.95 Å². The van der Waals surface area contributed by atoms with Crippen molar-refractivity contribution in [3.63, 3.8) is 0 Å². The fraction of sp³-hybridized carbons (Fsp3) is 0.0800. The van der Waals surface area contributed by atoms with Crippen LogP contribution in [0.2, 0.25) is 10.0 Å². The summed E-state index contributed by atoms with van der Waals surface area (Å²) in [6, 6.07) is 13.6. The molecule has 4 rings (SSSR count). The molecule has 39 heavy (non-hydrogen) atoms. The predicted octanol–water partition coefficient (Wildman–Crippen LogP) is 5.00. The second-order valence-corrected chi connectivity index (χ2v) is 10.2. The number of sulfonamides is 1. The molecule has 0 fully saturated rings. The van der Waals surface area contributed by atoms with Crippen LogP contribution in [0.4, 0.5) is 22.2 Å². The Balaban J connectivity index is 1.74. The molecule has 11 nitrogen and oxygen atoms in total. The van der Waals surface area contributed by atoms with E-state index < -0.39 is 16.1 Å². The summed E-state index contributed by atoms with van der Waals surface area (Å²) in [4.78, 5) is 25.9. The highest BCUT2D eigenvalue weighted by Gasteiger charge is 2.25. The van der Waals surface area contributed by atoms with Gasteiger partial charge in [0, 0.05) is 31.2 Å². The molecule has 0 spiro atoms. The largest absolute Gasteiger partial charge is 0.495 e. The molecule has 0 aliphatic heterocycles. The van der Waals surface area contributed by atoms with E-state index in [-0.39, 0.29) is 38.7 Å². The van der Waals surface area contributed by atoms with Crippen molar-refractivity contribution in [3.8, 4) is 22.9 Å². The third-order valence-corrected chi connectivity index (χ3v) is 7.33. The van der Waals surface area contributed by atoms with E-state index >= 15 is 0 Å². The number of urea groups is 1. The Morgan fingerprint density at radius 1 is 1.05 bits per heavy atom. The Morgan fingerprint density at radius 2 is 1.79 bits per heavy atom. The summed E-state index contributed by atoms with van der Waals surface area (Å²) in [5.41, 5.74) is 1.65. The number of carbonyl (C=O) groups is 1. The zero-order chi connectivity index (χ0) is 28.2. The standard InChI is InChI=1S/C25H19Cl2N7O4S/c1-29-25(35)34(23-7-5-17(14-32-23)39(36,37)33-24-30-8-3-9-31-24)21-12-20(27)18(11-22(21)38-2)15-4-6-19(26)16(10-15)13-28/h3-12,14H,1-2H3,(H,29,35)(H,30,31,33). The second-order valence-electron chi connectivity index (χ2n) is 7.73. The van der Waals surface area contributed by atoms with Crippen LogP contribution in [-0.4, -0.2) is 43.6 Å². The van der Waals surface area contributed by atoms with Crippen molar-refractivity contribution >= 4 is 56.7 Å². The fourth-order valence-electron chi connectivity index (χ4n) is 3.52. The highest BCUT2D eigenvalue weighted by Crippen LogP contribution is 2.41. The van der Waals surface area contributed by atoms with Crippen molar-refractivity contribution in [3.05, 3.63) is 82.7 Å². The number of carbonyl (C=O) groups excluding carboxylic acids is 1. The summed E-state index contributed by atoms with van der Waals surface area (Å²) in [7, 11) is -1.20. The van der Waals surface area contributed by atoms with E-state index in [4.69, 9.17) is 27.9 Å². The molecule has 4 aromatic rings. The third kappa shape index (κ3) is 5.85. The minimum atomic E-state index is -4.05. The molecule has 0 atom stereocenters. The lowest BCUT2D eigenvalue weighted by Crippen LogP contribution is -2.35. The van der Waals surface area contributed by atoms with Gasteiger partial charge in [-0.1, -0.05) is 29.3 Å². The molecule has 0 bridgehead atoms. The van der Waals surface area contributed by atoms with Gasteiger partial charge in [0.05, 0.1) is 28.4 Å². The number of rotatable bonds is 7. The Labute approximate surface area is 234 Å². The van der Waals surface area contributed by atoms with Crippen molar-refractivity contribution in [1.29, 1.82) is 5.26 Å². The molecule has 0 saturated carbocycles. The number of ether oxygens (including phenoxy) is 1. The van der Waals surface area contributed by atoms with Crippen LogP contribution in [0, 0.1) is 11.3 Å². The summed E-state index contributed by atoms with van der Waals surface area (Å²) in [6.45, 7) is 0. The lowest BCUT2D eigenvalue weighted by atomic mass is 10.0. The molecule has 0 radical (unpaired) electrons. The Bertz CT molecular complexity index is 1680. The van der Waals surface area contributed by atoms with Crippen molar-refractivity contribution in [2.24, 2.45) is 0 Å². The van der Waals surface area contributed by atoms with Gasteiger partial charge in [-0.2, -0.15) is 5.26 Å². The maximum absolute atomic E-state index is 13.0. The van der Waals surface area contributed by atoms with Crippen molar-refractivity contribution < 1.29 is 17.9 Å². The van der Waals surface area contributed by atoms with E-state index in [2.05, 4.69) is 25.0 Å². The topological polar surface area (TPSA) is 150 Å². The van der Waals surface area contributed by atoms with Crippen molar-refractivity contribution in [2.45, 2.75) is 4.90 Å². The Hall–Kier alpha value is -4.44. The highest BCUT2D eigenvalue weighted by molar-refractivity contribution is 7.92. The molecular formula is C25H19Cl2N7O4S. The second kappa shape index (κ2) is 11.5. The van der Waals surface area contributed by atoms with E-state index in [0.717, 1.165) is 6.20 Å². The first-order valence-corrected chi connectivity index (χ1v) is 13.3. The van der Waals surface area contributed by atoms with Crippen molar-refractivity contribution in [2.75, 3.05) is 23.8 Å². The number of nitrogens with zero attached hydrogens (tertiary/aromatic N) is 5. The van der Waals surface area contributed by atoms with Crippen LogP contribution in [0.1, 0.15) is 5.56 Å². The summed E-state index contributed by atoms with van der Waals surface area (Å²) >= 11 is 12.7. The number of aromatic nitrogens is 3. The normalized spacial score (nSPS) is 10.8. The van der Waals surface area contributed by atoms with E-state index in [9.17, 15) is 18.5 Å². The van der Waals surface area contributed by atoms with Crippen LogP contribution in [-0.2, 0) is 10.0 Å². The van der Waals surface area contributed by atoms with Crippen LogP contribution in [0.15, 0.2) is 72.0 Å². The number of nitrogens with one attached hydrogen (secondary N) is 2. The van der Waals surface area contributed by atoms with Gasteiger partial charge in [0.15, 0.2) is 0 Å². The summed E-state index contributed by atoms with van der Waals surface area (Å²) in [6.07, 6.45) is 3.88. The van der Waals surface area contributed by atoms with Gasteiger partial charge in [-0.15, -0.1) is 0 Å². The van der Waals surface area contributed by atoms with Gasteiger partial charge >= 0.3 is 6.03 Å². The highest BCUT2D eigenvalue weighted by atomic mass is 35.5. The van der Waals surface area contributed by atoms with Crippen LogP contribution in [0.25, 0.3) is 11.1 Å². The Kier molecular flexibility index (Phi) is 8.15. The number of halogens is 2. The number of methoxy groups -OCH3 is 1. The van der Waals surface area contributed by atoms with Crippen molar-refractivity contribution in [1.82, 2.24) is 20.3 Å². The van der Waals surface area contributed by atoms with Gasteiger partial charge in [-0.3, -0.25) is 0 Å². The number of nitriles is 1. The molecule has 2 aromatic heterocycles. The molecule has 2 amide bonds. The minimum absolute atomic E-state index is 0.0876. The van der Waals surface area contributed by atoms with Crippen LogP contribution < -0.4 is 19.7 Å². The van der Waals surface area contributed by atoms with E-state index in [1.165, 1.54) is 49.7 Å². The molecule has 198 valence electrons. The zero-order valence-corrected chi connectivity index (χ0v) is 22.7. The number of hydrogen-bond acceptors (Lipinski definition) is 8.